The van der Waals surface area contributed by atoms with Crippen LogP contribution in [0.2, 0.25) is 0 Å². The van der Waals surface area contributed by atoms with Gasteiger partial charge >= 0.3 is 0 Å². The summed E-state index contributed by atoms with van der Waals surface area (Å²) in [7, 11) is 1.73. The highest BCUT2D eigenvalue weighted by Crippen LogP contribution is 2.22. The molecule has 0 radical (unpaired) electrons. The lowest BCUT2D eigenvalue weighted by Crippen LogP contribution is -2.27. The van der Waals surface area contributed by atoms with Crippen molar-refractivity contribution < 1.29 is 4.79 Å². The van der Waals surface area contributed by atoms with Crippen molar-refractivity contribution in [2.75, 3.05) is 7.05 Å². The Morgan fingerprint density at radius 2 is 2.11 bits per heavy atom. The van der Waals surface area contributed by atoms with Crippen LogP contribution in [0.5, 0.6) is 0 Å². The maximum atomic E-state index is 12.6. The minimum atomic E-state index is -0.306. The van der Waals surface area contributed by atoms with Gasteiger partial charge in [-0.1, -0.05) is 18.2 Å². The maximum absolute atomic E-state index is 12.6. The van der Waals surface area contributed by atoms with Gasteiger partial charge < -0.3 is 14.9 Å². The lowest BCUT2D eigenvalue weighted by molar-refractivity contribution is -0.130. The largest absolute Gasteiger partial charge is 0.361 e. The number of aryl methyl sites for hydroxylation is 2. The maximum Gasteiger partial charge on any atom is 0.293 e. The second-order valence-electron chi connectivity index (χ2n) is 6.66. The molecule has 138 valence electrons. The lowest BCUT2D eigenvalue weighted by atomic mass is 10.1. The predicted octanol–water partition coefficient (Wildman–Crippen LogP) is 1.80. The fraction of sp³-hybridized carbons (Fsp3) is 0.263. The number of carbonyl (C=O) groups excluding carboxylic acids is 1. The summed E-state index contributed by atoms with van der Waals surface area (Å²) in [6.07, 6.45) is 6.24. The molecule has 0 saturated heterocycles. The number of amides is 1. The Balaban J connectivity index is 1.45. The molecule has 0 bridgehead atoms. The number of carbonyl (C=O) groups is 1. The van der Waals surface area contributed by atoms with E-state index in [1.807, 2.05) is 12.3 Å². The van der Waals surface area contributed by atoms with Crippen LogP contribution in [-0.4, -0.2) is 42.4 Å². The number of hydrogen-bond acceptors (Lipinski definition) is 4. The van der Waals surface area contributed by atoms with Crippen LogP contribution in [0.15, 0.2) is 41.6 Å². The van der Waals surface area contributed by atoms with Crippen LogP contribution in [0.1, 0.15) is 23.4 Å². The first-order valence-corrected chi connectivity index (χ1v) is 8.75. The first kappa shape index (κ1) is 17.0. The molecule has 1 aromatic carbocycles. The van der Waals surface area contributed by atoms with E-state index in [2.05, 4.69) is 39.2 Å². The van der Waals surface area contributed by atoms with Gasteiger partial charge in [0.05, 0.1) is 6.54 Å². The molecule has 4 rings (SSSR count). The van der Waals surface area contributed by atoms with Crippen molar-refractivity contribution in [2.24, 2.45) is 0 Å². The van der Waals surface area contributed by atoms with Gasteiger partial charge in [0.1, 0.15) is 0 Å². The zero-order chi connectivity index (χ0) is 19.0. The summed E-state index contributed by atoms with van der Waals surface area (Å²) in [6.45, 7) is 2.35. The molecule has 0 aliphatic carbocycles. The first-order valence-electron chi connectivity index (χ1n) is 8.75. The smallest absolute Gasteiger partial charge is 0.293 e. The Hall–Kier alpha value is -3.42. The molecular formula is C19H20N6O2. The molecule has 8 heteroatoms. The van der Waals surface area contributed by atoms with E-state index in [1.165, 1.54) is 11.8 Å². The van der Waals surface area contributed by atoms with E-state index in [0.717, 1.165) is 16.5 Å². The minimum Gasteiger partial charge on any atom is -0.361 e. The summed E-state index contributed by atoms with van der Waals surface area (Å²) in [4.78, 5) is 31.7. The summed E-state index contributed by atoms with van der Waals surface area (Å²) in [6, 6.07) is 6.17. The van der Waals surface area contributed by atoms with Crippen LogP contribution < -0.4 is 5.56 Å². The Morgan fingerprint density at radius 1 is 1.26 bits per heavy atom. The molecule has 3 aromatic heterocycles. The normalized spacial score (nSPS) is 11.3. The number of para-hydroxylation sites is 1. The summed E-state index contributed by atoms with van der Waals surface area (Å²) in [5.41, 5.74) is 3.36. The van der Waals surface area contributed by atoms with Crippen LogP contribution >= 0.6 is 0 Å². The number of aromatic nitrogens is 5. The molecule has 4 aromatic rings. The third kappa shape index (κ3) is 3.10. The lowest BCUT2D eigenvalue weighted by Gasteiger charge is -2.16. The molecular weight excluding hydrogens is 344 g/mol. The van der Waals surface area contributed by atoms with Crippen LogP contribution in [0, 0.1) is 6.92 Å². The van der Waals surface area contributed by atoms with Gasteiger partial charge in [0.25, 0.3) is 5.56 Å². The third-order valence-corrected chi connectivity index (χ3v) is 4.83. The number of nitrogens with one attached hydrogen (secondary N) is 2. The quantitative estimate of drug-likeness (QED) is 0.564. The Bertz CT molecular complexity index is 1190. The van der Waals surface area contributed by atoms with Crippen molar-refractivity contribution in [3.05, 3.63) is 64.1 Å². The van der Waals surface area contributed by atoms with Gasteiger partial charge in [0.2, 0.25) is 11.6 Å². The molecule has 0 aliphatic rings. The molecule has 1 amide bonds. The molecule has 0 atom stereocenters. The molecule has 0 fully saturated rings. The summed E-state index contributed by atoms with van der Waals surface area (Å²) in [5.74, 6) is 0.563. The van der Waals surface area contributed by atoms with E-state index in [1.54, 1.807) is 22.5 Å². The fourth-order valence-corrected chi connectivity index (χ4v) is 3.30. The van der Waals surface area contributed by atoms with Crippen LogP contribution in [0.25, 0.3) is 16.6 Å². The van der Waals surface area contributed by atoms with E-state index in [0.29, 0.717) is 18.7 Å². The van der Waals surface area contributed by atoms with Crippen molar-refractivity contribution in [1.29, 1.82) is 0 Å². The number of nitrogens with zero attached hydrogens (tertiary/aromatic N) is 4. The highest BCUT2D eigenvalue weighted by molar-refractivity contribution is 5.86. The predicted molar refractivity (Wildman–Crippen MR) is 101 cm³/mol. The Morgan fingerprint density at radius 3 is 2.96 bits per heavy atom. The minimum absolute atomic E-state index is 0.0126. The summed E-state index contributed by atoms with van der Waals surface area (Å²) in [5, 5.41) is 9.08. The first-order chi connectivity index (χ1) is 13.0. The summed E-state index contributed by atoms with van der Waals surface area (Å²) >= 11 is 0. The summed E-state index contributed by atoms with van der Waals surface area (Å²) < 4.78 is 1.60. The van der Waals surface area contributed by atoms with Crippen molar-refractivity contribution in [3.8, 4) is 0 Å². The standard InChI is InChI=1S/C19H20N6O2/c1-12-4-3-5-14-13(10-21-17(12)14)6-7-16(26)24(2)11-15-22-23-18-19(27)20-8-9-25(15)18/h3-5,8-10,21H,6-7,11H2,1-2H3,(H,20,27). The fourth-order valence-electron chi connectivity index (χ4n) is 3.30. The van der Waals surface area contributed by atoms with Gasteiger partial charge in [0, 0.05) is 43.0 Å². The number of rotatable bonds is 5. The SMILES string of the molecule is Cc1cccc2c(CCC(=O)N(C)Cc3nnc4c(=O)[nH]ccn34)c[nH]c12. The molecule has 27 heavy (non-hydrogen) atoms. The van der Waals surface area contributed by atoms with E-state index in [9.17, 15) is 9.59 Å². The third-order valence-electron chi connectivity index (χ3n) is 4.83. The number of hydrogen-bond donors (Lipinski definition) is 2. The van der Waals surface area contributed by atoms with E-state index >= 15 is 0 Å². The van der Waals surface area contributed by atoms with Gasteiger partial charge in [-0.25, -0.2) is 0 Å². The van der Waals surface area contributed by atoms with Gasteiger partial charge in [-0.05, 0) is 24.5 Å². The number of aromatic amines is 2. The molecule has 8 nitrogen and oxygen atoms in total. The van der Waals surface area contributed by atoms with Gasteiger partial charge in [-0.15, -0.1) is 10.2 Å². The second-order valence-corrected chi connectivity index (χ2v) is 6.66. The molecule has 0 spiro atoms. The monoisotopic (exact) mass is 364 g/mol. The van der Waals surface area contributed by atoms with Crippen molar-refractivity contribution in [3.63, 3.8) is 0 Å². The van der Waals surface area contributed by atoms with Crippen molar-refractivity contribution in [1.82, 2.24) is 29.5 Å². The van der Waals surface area contributed by atoms with Crippen molar-refractivity contribution in [2.45, 2.75) is 26.3 Å². The number of H-pyrrole nitrogens is 2. The molecule has 2 N–H and O–H groups in total. The zero-order valence-electron chi connectivity index (χ0n) is 15.2. The Kier molecular flexibility index (Phi) is 4.23. The molecule has 0 unspecified atom stereocenters. The molecule has 0 saturated carbocycles. The molecule has 3 heterocycles. The zero-order valence-corrected chi connectivity index (χ0v) is 15.2. The highest BCUT2D eigenvalue weighted by atomic mass is 16.2. The van der Waals surface area contributed by atoms with E-state index in [4.69, 9.17) is 0 Å². The Labute approximate surface area is 154 Å². The van der Waals surface area contributed by atoms with Gasteiger partial charge in [-0.2, -0.15) is 0 Å². The van der Waals surface area contributed by atoms with E-state index in [-0.39, 0.29) is 23.7 Å². The van der Waals surface area contributed by atoms with Gasteiger partial charge in [0.15, 0.2) is 5.82 Å². The average molecular weight is 364 g/mol. The van der Waals surface area contributed by atoms with E-state index < -0.39 is 0 Å². The van der Waals surface area contributed by atoms with Crippen LogP contribution in [-0.2, 0) is 17.8 Å². The van der Waals surface area contributed by atoms with Crippen LogP contribution in [0.4, 0.5) is 0 Å². The van der Waals surface area contributed by atoms with Crippen molar-refractivity contribution >= 4 is 22.5 Å². The van der Waals surface area contributed by atoms with Crippen LogP contribution in [0.3, 0.4) is 0 Å². The second kappa shape index (κ2) is 6.71. The molecule has 0 aliphatic heterocycles. The number of fused-ring (bicyclic) bond motifs is 2. The average Bonchev–Trinajstić information content (AvgIpc) is 3.26. The number of benzene rings is 1. The van der Waals surface area contributed by atoms with Gasteiger partial charge in [-0.3, -0.25) is 14.0 Å². The topological polar surface area (TPSA) is 99.2 Å². The highest BCUT2D eigenvalue weighted by Gasteiger charge is 2.15.